The molecule has 0 unspecified atom stereocenters. The SMILES string of the molecule is NCc1ccc(CNC(=O)CSc2ccccc2)cc1. The summed E-state index contributed by atoms with van der Waals surface area (Å²) in [7, 11) is 0. The molecule has 0 aliphatic rings. The van der Waals surface area contributed by atoms with Gasteiger partial charge in [-0.1, -0.05) is 42.5 Å². The van der Waals surface area contributed by atoms with Gasteiger partial charge in [-0.3, -0.25) is 4.79 Å². The number of nitrogens with one attached hydrogen (secondary N) is 1. The van der Waals surface area contributed by atoms with E-state index in [-0.39, 0.29) is 5.91 Å². The summed E-state index contributed by atoms with van der Waals surface area (Å²) in [6.45, 7) is 1.10. The van der Waals surface area contributed by atoms with E-state index in [1.165, 1.54) is 0 Å². The summed E-state index contributed by atoms with van der Waals surface area (Å²) in [5.74, 6) is 0.479. The first kappa shape index (κ1) is 14.6. The van der Waals surface area contributed by atoms with E-state index in [1.54, 1.807) is 11.8 Å². The Labute approximate surface area is 123 Å². The first-order chi connectivity index (χ1) is 9.78. The Balaban J connectivity index is 1.74. The second-order valence-corrected chi connectivity index (χ2v) is 5.45. The molecule has 0 fully saturated rings. The van der Waals surface area contributed by atoms with Crippen LogP contribution in [0.4, 0.5) is 0 Å². The third-order valence-corrected chi connectivity index (χ3v) is 3.87. The molecule has 0 saturated heterocycles. The lowest BCUT2D eigenvalue weighted by molar-refractivity contribution is -0.118. The van der Waals surface area contributed by atoms with Gasteiger partial charge in [-0.15, -0.1) is 11.8 Å². The minimum absolute atomic E-state index is 0.0433. The number of amides is 1. The van der Waals surface area contributed by atoms with Gasteiger partial charge in [-0.05, 0) is 23.3 Å². The molecule has 0 bridgehead atoms. The standard InChI is InChI=1S/C16H18N2OS/c17-10-13-6-8-14(9-7-13)11-18-16(19)12-20-15-4-2-1-3-5-15/h1-9H,10-12,17H2,(H,18,19). The van der Waals surface area contributed by atoms with Crippen LogP contribution in [0.25, 0.3) is 0 Å². The molecule has 0 saturated carbocycles. The van der Waals surface area contributed by atoms with Crippen molar-refractivity contribution < 1.29 is 4.79 Å². The Kier molecular flexibility index (Phi) is 5.65. The average molecular weight is 286 g/mol. The van der Waals surface area contributed by atoms with Gasteiger partial charge in [0.25, 0.3) is 0 Å². The largest absolute Gasteiger partial charge is 0.351 e. The topological polar surface area (TPSA) is 55.1 Å². The van der Waals surface area contributed by atoms with Gasteiger partial charge in [0, 0.05) is 18.0 Å². The van der Waals surface area contributed by atoms with E-state index in [1.807, 2.05) is 54.6 Å². The minimum Gasteiger partial charge on any atom is -0.351 e. The van der Waals surface area contributed by atoms with Gasteiger partial charge < -0.3 is 11.1 Å². The minimum atomic E-state index is 0.0433. The second kappa shape index (κ2) is 7.72. The van der Waals surface area contributed by atoms with Crippen LogP contribution in [0.1, 0.15) is 11.1 Å². The number of hydrogen-bond acceptors (Lipinski definition) is 3. The molecule has 0 radical (unpaired) electrons. The fraction of sp³-hybridized carbons (Fsp3) is 0.188. The first-order valence-electron chi connectivity index (χ1n) is 6.50. The zero-order chi connectivity index (χ0) is 14.2. The number of thioether (sulfide) groups is 1. The van der Waals surface area contributed by atoms with Crippen LogP contribution >= 0.6 is 11.8 Å². The van der Waals surface area contributed by atoms with E-state index in [9.17, 15) is 4.79 Å². The van der Waals surface area contributed by atoms with E-state index < -0.39 is 0 Å². The van der Waals surface area contributed by atoms with Crippen LogP contribution in [-0.4, -0.2) is 11.7 Å². The number of rotatable bonds is 6. The monoisotopic (exact) mass is 286 g/mol. The van der Waals surface area contributed by atoms with Crippen LogP contribution < -0.4 is 11.1 Å². The van der Waals surface area contributed by atoms with Gasteiger partial charge in [0.1, 0.15) is 0 Å². The van der Waals surface area contributed by atoms with Crippen molar-refractivity contribution in [1.82, 2.24) is 5.32 Å². The Morgan fingerprint density at radius 2 is 1.65 bits per heavy atom. The summed E-state index contributed by atoms with van der Waals surface area (Å²) < 4.78 is 0. The quantitative estimate of drug-likeness (QED) is 0.802. The van der Waals surface area contributed by atoms with Crippen molar-refractivity contribution in [3.8, 4) is 0 Å². The van der Waals surface area contributed by atoms with Crippen LogP contribution in [0, 0.1) is 0 Å². The zero-order valence-corrected chi connectivity index (χ0v) is 12.0. The first-order valence-corrected chi connectivity index (χ1v) is 7.49. The molecular weight excluding hydrogens is 268 g/mol. The van der Waals surface area contributed by atoms with Crippen molar-refractivity contribution in [1.29, 1.82) is 0 Å². The fourth-order valence-corrected chi connectivity index (χ4v) is 2.46. The van der Waals surface area contributed by atoms with Crippen molar-refractivity contribution >= 4 is 17.7 Å². The summed E-state index contributed by atoms with van der Waals surface area (Å²) in [6.07, 6.45) is 0. The van der Waals surface area contributed by atoms with E-state index in [2.05, 4.69) is 5.32 Å². The summed E-state index contributed by atoms with van der Waals surface area (Å²) in [5, 5.41) is 2.92. The molecule has 3 nitrogen and oxygen atoms in total. The molecule has 0 atom stereocenters. The zero-order valence-electron chi connectivity index (χ0n) is 11.2. The van der Waals surface area contributed by atoms with Gasteiger partial charge in [0.2, 0.25) is 5.91 Å². The molecule has 0 aliphatic carbocycles. The van der Waals surface area contributed by atoms with Crippen molar-refractivity contribution in [3.05, 3.63) is 65.7 Å². The highest BCUT2D eigenvalue weighted by Crippen LogP contribution is 2.16. The van der Waals surface area contributed by atoms with Crippen LogP contribution in [0.5, 0.6) is 0 Å². The number of hydrogen-bond donors (Lipinski definition) is 2. The highest BCUT2D eigenvalue weighted by atomic mass is 32.2. The maximum absolute atomic E-state index is 11.8. The third kappa shape index (κ3) is 4.72. The number of carbonyl (C=O) groups excluding carboxylic acids is 1. The van der Waals surface area contributed by atoms with E-state index in [4.69, 9.17) is 5.73 Å². The highest BCUT2D eigenvalue weighted by molar-refractivity contribution is 8.00. The lowest BCUT2D eigenvalue weighted by Crippen LogP contribution is -2.24. The summed E-state index contributed by atoms with van der Waals surface area (Å²) in [5.41, 5.74) is 7.72. The smallest absolute Gasteiger partial charge is 0.230 e. The molecule has 0 aromatic heterocycles. The summed E-state index contributed by atoms with van der Waals surface area (Å²) in [6, 6.07) is 17.9. The predicted octanol–water partition coefficient (Wildman–Crippen LogP) is 2.55. The van der Waals surface area contributed by atoms with Crippen LogP contribution in [0.3, 0.4) is 0 Å². The molecule has 0 spiro atoms. The molecule has 1 amide bonds. The maximum atomic E-state index is 11.8. The molecule has 0 aliphatic heterocycles. The van der Waals surface area contributed by atoms with Crippen molar-refractivity contribution in [2.75, 3.05) is 5.75 Å². The molecule has 3 N–H and O–H groups in total. The van der Waals surface area contributed by atoms with Crippen molar-refractivity contribution in [2.45, 2.75) is 18.0 Å². The molecule has 2 rings (SSSR count). The third-order valence-electron chi connectivity index (χ3n) is 2.86. The van der Waals surface area contributed by atoms with Gasteiger partial charge in [0.05, 0.1) is 5.75 Å². The second-order valence-electron chi connectivity index (χ2n) is 4.40. The maximum Gasteiger partial charge on any atom is 0.230 e. The molecule has 4 heteroatoms. The summed E-state index contributed by atoms with van der Waals surface area (Å²) in [4.78, 5) is 12.9. The van der Waals surface area contributed by atoms with Gasteiger partial charge >= 0.3 is 0 Å². The predicted molar refractivity (Wildman–Crippen MR) is 83.3 cm³/mol. The van der Waals surface area contributed by atoms with Gasteiger partial charge in [-0.2, -0.15) is 0 Å². The molecule has 2 aromatic carbocycles. The van der Waals surface area contributed by atoms with E-state index in [0.29, 0.717) is 18.8 Å². The van der Waals surface area contributed by atoms with Crippen LogP contribution in [0.15, 0.2) is 59.5 Å². The molecular formula is C16H18N2OS. The molecule has 20 heavy (non-hydrogen) atoms. The number of carbonyl (C=O) groups is 1. The lowest BCUT2D eigenvalue weighted by atomic mass is 10.1. The number of nitrogens with two attached hydrogens (primary N) is 1. The molecule has 2 aromatic rings. The lowest BCUT2D eigenvalue weighted by Gasteiger charge is -2.06. The molecule has 0 heterocycles. The Morgan fingerprint density at radius 3 is 2.30 bits per heavy atom. The van der Waals surface area contributed by atoms with Gasteiger partial charge in [-0.25, -0.2) is 0 Å². The van der Waals surface area contributed by atoms with Crippen LogP contribution in [-0.2, 0) is 17.9 Å². The Hall–Kier alpha value is -1.78. The van der Waals surface area contributed by atoms with Crippen molar-refractivity contribution in [3.63, 3.8) is 0 Å². The Morgan fingerprint density at radius 1 is 1.00 bits per heavy atom. The average Bonchev–Trinajstić information content (AvgIpc) is 2.52. The fourth-order valence-electron chi connectivity index (χ4n) is 1.71. The van der Waals surface area contributed by atoms with Crippen molar-refractivity contribution in [2.24, 2.45) is 5.73 Å². The molecule has 104 valence electrons. The normalized spacial score (nSPS) is 10.2. The number of benzene rings is 2. The van der Waals surface area contributed by atoms with Crippen LogP contribution in [0.2, 0.25) is 0 Å². The summed E-state index contributed by atoms with van der Waals surface area (Å²) >= 11 is 1.54. The highest BCUT2D eigenvalue weighted by Gasteiger charge is 2.02. The Bertz CT molecular complexity index is 540. The van der Waals surface area contributed by atoms with E-state index >= 15 is 0 Å². The van der Waals surface area contributed by atoms with Gasteiger partial charge in [0.15, 0.2) is 0 Å². The van der Waals surface area contributed by atoms with E-state index in [0.717, 1.165) is 16.0 Å².